The number of allylic oxidation sites excluding steroid dienone is 2. The van der Waals surface area contributed by atoms with E-state index >= 15 is 0 Å². The van der Waals surface area contributed by atoms with Crippen LogP contribution in [0.1, 0.15) is 21.0 Å². The molecule has 0 spiro atoms. The first-order valence-corrected chi connectivity index (χ1v) is 6.36. The van der Waals surface area contributed by atoms with Gasteiger partial charge in [-0.15, -0.1) is 0 Å². The van der Waals surface area contributed by atoms with Gasteiger partial charge in [0.05, 0.1) is 0 Å². The number of H-pyrrole nitrogens is 1. The first-order chi connectivity index (χ1) is 9.90. The lowest BCUT2D eigenvalue weighted by Gasteiger charge is -2.07. The summed E-state index contributed by atoms with van der Waals surface area (Å²) in [6.45, 7) is 0. The van der Waals surface area contributed by atoms with Crippen LogP contribution in [0.2, 0.25) is 0 Å². The summed E-state index contributed by atoms with van der Waals surface area (Å²) >= 11 is 11.3. The summed E-state index contributed by atoms with van der Waals surface area (Å²) in [6.07, 6.45) is 0. The second kappa shape index (κ2) is 4.75. The number of aromatic amines is 1. The third kappa shape index (κ3) is 2.07. The van der Waals surface area contributed by atoms with Crippen molar-refractivity contribution in [1.82, 2.24) is 9.97 Å². The van der Waals surface area contributed by atoms with E-state index < -0.39 is 33.3 Å². The number of hydrogen-bond acceptors (Lipinski definition) is 3. The predicted molar refractivity (Wildman–Crippen MR) is 71.3 cm³/mol. The SMILES string of the molecule is O=C1C(Cl)=C(Cl)C(=O)c2[nH]c(-c3ccc(F)c(F)c3)nc21. The number of nitrogens with zero attached hydrogens (tertiary/aromatic N) is 1. The van der Waals surface area contributed by atoms with Crippen molar-refractivity contribution >= 4 is 34.8 Å². The fourth-order valence-electron chi connectivity index (χ4n) is 1.90. The van der Waals surface area contributed by atoms with E-state index in [1.807, 2.05) is 0 Å². The van der Waals surface area contributed by atoms with Gasteiger partial charge in [-0.2, -0.15) is 0 Å². The molecule has 2 aromatic rings. The topological polar surface area (TPSA) is 62.8 Å². The summed E-state index contributed by atoms with van der Waals surface area (Å²) in [5.41, 5.74) is -0.153. The Morgan fingerprint density at radius 1 is 1.00 bits per heavy atom. The molecule has 1 aromatic carbocycles. The molecule has 0 bridgehead atoms. The minimum absolute atomic E-state index is 0.0384. The van der Waals surface area contributed by atoms with Gasteiger partial charge in [-0.1, -0.05) is 23.2 Å². The van der Waals surface area contributed by atoms with E-state index in [0.29, 0.717) is 0 Å². The average molecular weight is 329 g/mol. The minimum atomic E-state index is -1.08. The Labute approximate surface area is 126 Å². The molecule has 0 radical (unpaired) electrons. The van der Waals surface area contributed by atoms with E-state index in [2.05, 4.69) is 9.97 Å². The van der Waals surface area contributed by atoms with Crippen LogP contribution in [0.3, 0.4) is 0 Å². The maximum atomic E-state index is 13.2. The number of fused-ring (bicyclic) bond motifs is 1. The fraction of sp³-hybridized carbons (Fsp3) is 0. The number of ketones is 2. The maximum absolute atomic E-state index is 13.2. The van der Waals surface area contributed by atoms with E-state index in [9.17, 15) is 18.4 Å². The summed E-state index contributed by atoms with van der Waals surface area (Å²) in [7, 11) is 0. The molecule has 1 heterocycles. The molecule has 1 aliphatic carbocycles. The monoisotopic (exact) mass is 328 g/mol. The molecule has 106 valence electrons. The van der Waals surface area contributed by atoms with Gasteiger partial charge in [0, 0.05) is 5.56 Å². The minimum Gasteiger partial charge on any atom is -0.335 e. The fourth-order valence-corrected chi connectivity index (χ4v) is 2.25. The third-order valence-corrected chi connectivity index (χ3v) is 3.75. The molecule has 1 N–H and O–H groups in total. The number of aromatic nitrogens is 2. The summed E-state index contributed by atoms with van der Waals surface area (Å²) in [4.78, 5) is 30.3. The van der Waals surface area contributed by atoms with Crippen LogP contribution in [0.15, 0.2) is 28.3 Å². The summed E-state index contributed by atoms with van der Waals surface area (Å²) in [5, 5.41) is -0.827. The van der Waals surface area contributed by atoms with Crippen molar-refractivity contribution in [3.05, 3.63) is 51.3 Å². The van der Waals surface area contributed by atoms with E-state index in [1.165, 1.54) is 6.07 Å². The third-order valence-electron chi connectivity index (χ3n) is 2.93. The number of imidazole rings is 1. The van der Waals surface area contributed by atoms with Gasteiger partial charge in [-0.3, -0.25) is 9.59 Å². The first kappa shape index (κ1) is 13.9. The number of carbonyl (C=O) groups is 2. The molecule has 0 saturated heterocycles. The first-order valence-electron chi connectivity index (χ1n) is 5.60. The molecule has 0 fully saturated rings. The molecule has 0 atom stereocenters. The number of hydrogen-bond donors (Lipinski definition) is 1. The Hall–Kier alpha value is -2.05. The molecule has 21 heavy (non-hydrogen) atoms. The Balaban J connectivity index is 2.15. The highest BCUT2D eigenvalue weighted by molar-refractivity contribution is 6.59. The molecule has 1 aliphatic rings. The molecule has 8 heteroatoms. The smallest absolute Gasteiger partial charge is 0.226 e. The van der Waals surface area contributed by atoms with Crippen LogP contribution in [-0.2, 0) is 0 Å². The highest BCUT2D eigenvalue weighted by Crippen LogP contribution is 2.31. The zero-order valence-electron chi connectivity index (χ0n) is 10.0. The predicted octanol–water partition coefficient (Wildman–Crippen LogP) is 3.42. The largest absolute Gasteiger partial charge is 0.335 e. The van der Waals surface area contributed by atoms with Gasteiger partial charge in [0.1, 0.15) is 27.3 Å². The molecule has 4 nitrogen and oxygen atoms in total. The average Bonchev–Trinajstić information content (AvgIpc) is 2.91. The van der Waals surface area contributed by atoms with Crippen LogP contribution in [0, 0.1) is 11.6 Å². The van der Waals surface area contributed by atoms with Crippen LogP contribution in [0.4, 0.5) is 8.78 Å². The van der Waals surface area contributed by atoms with Crippen molar-refractivity contribution in [2.24, 2.45) is 0 Å². The summed E-state index contributed by atoms with van der Waals surface area (Å²) < 4.78 is 26.1. The van der Waals surface area contributed by atoms with Crippen molar-refractivity contribution in [3.63, 3.8) is 0 Å². The van der Waals surface area contributed by atoms with Crippen LogP contribution >= 0.6 is 23.2 Å². The number of carbonyl (C=O) groups excluding carboxylic acids is 2. The lowest BCUT2D eigenvalue weighted by molar-refractivity contribution is 0.0982. The van der Waals surface area contributed by atoms with Crippen molar-refractivity contribution in [2.75, 3.05) is 0 Å². The maximum Gasteiger partial charge on any atom is 0.226 e. The summed E-state index contributed by atoms with van der Waals surface area (Å²) in [5.74, 6) is -3.45. The van der Waals surface area contributed by atoms with Gasteiger partial charge in [0.2, 0.25) is 11.6 Å². The van der Waals surface area contributed by atoms with Crippen molar-refractivity contribution < 1.29 is 18.4 Å². The van der Waals surface area contributed by atoms with Gasteiger partial charge >= 0.3 is 0 Å². The van der Waals surface area contributed by atoms with Gasteiger partial charge in [-0.05, 0) is 18.2 Å². The highest BCUT2D eigenvalue weighted by Gasteiger charge is 2.34. The highest BCUT2D eigenvalue weighted by atomic mass is 35.5. The zero-order valence-corrected chi connectivity index (χ0v) is 11.5. The van der Waals surface area contributed by atoms with Gasteiger partial charge < -0.3 is 4.98 Å². The quantitative estimate of drug-likeness (QED) is 0.872. The molecular formula is C13H4Cl2F2N2O2. The number of nitrogens with one attached hydrogen (secondary N) is 1. The molecular weight excluding hydrogens is 325 g/mol. The molecule has 1 aromatic heterocycles. The van der Waals surface area contributed by atoms with Crippen molar-refractivity contribution in [2.45, 2.75) is 0 Å². The van der Waals surface area contributed by atoms with Crippen LogP contribution in [0.5, 0.6) is 0 Å². The van der Waals surface area contributed by atoms with Crippen LogP contribution in [0.25, 0.3) is 11.4 Å². The van der Waals surface area contributed by atoms with E-state index in [4.69, 9.17) is 23.2 Å². The van der Waals surface area contributed by atoms with E-state index in [1.54, 1.807) is 0 Å². The van der Waals surface area contributed by atoms with Crippen molar-refractivity contribution in [3.8, 4) is 11.4 Å². The van der Waals surface area contributed by atoms with Crippen molar-refractivity contribution in [1.29, 1.82) is 0 Å². The number of Topliss-reactive ketones (excluding diaryl/α,β-unsaturated/α-hetero) is 2. The number of benzene rings is 1. The lowest BCUT2D eigenvalue weighted by atomic mass is 10.1. The summed E-state index contributed by atoms with van der Waals surface area (Å²) in [6, 6.07) is 3.06. The Morgan fingerprint density at radius 2 is 1.67 bits per heavy atom. The Bertz CT molecular complexity index is 801. The van der Waals surface area contributed by atoms with Gasteiger partial charge in [0.25, 0.3) is 0 Å². The molecule has 3 rings (SSSR count). The molecule has 0 saturated carbocycles. The molecule has 0 amide bonds. The van der Waals surface area contributed by atoms with E-state index in [0.717, 1.165) is 12.1 Å². The van der Waals surface area contributed by atoms with Crippen LogP contribution in [-0.4, -0.2) is 21.5 Å². The standard InChI is InChI=1S/C13H4Cl2F2N2O2/c14-7-8(15)12(21)10-9(11(7)20)18-13(19-10)4-1-2-5(16)6(17)3-4/h1-3H,(H,18,19). The Morgan fingerprint density at radius 3 is 2.33 bits per heavy atom. The number of rotatable bonds is 1. The zero-order chi connectivity index (χ0) is 15.3. The normalized spacial score (nSPS) is 14.7. The second-order valence-corrected chi connectivity index (χ2v) is 4.98. The molecule has 0 unspecified atom stereocenters. The Kier molecular flexibility index (Phi) is 3.15. The lowest BCUT2D eigenvalue weighted by Crippen LogP contribution is -2.17. The van der Waals surface area contributed by atoms with Gasteiger partial charge in [0.15, 0.2) is 11.6 Å². The number of halogens is 4. The van der Waals surface area contributed by atoms with E-state index in [-0.39, 0.29) is 22.8 Å². The van der Waals surface area contributed by atoms with Gasteiger partial charge in [-0.25, -0.2) is 13.8 Å². The molecule has 0 aliphatic heterocycles. The second-order valence-electron chi connectivity index (χ2n) is 4.22. The van der Waals surface area contributed by atoms with Crippen LogP contribution < -0.4 is 0 Å².